The van der Waals surface area contributed by atoms with E-state index < -0.39 is 4.92 Å². The monoisotopic (exact) mass is 269 g/mol. The first-order valence-electron chi connectivity index (χ1n) is 5.50. The molecule has 0 aliphatic carbocycles. The van der Waals surface area contributed by atoms with E-state index in [-0.39, 0.29) is 5.69 Å². The number of nitro benzene ring substituents is 1. The number of amides is 1. The standard InChI is InChI=1S/C11H12ClN3O3/c12-9-2-1-3-10(15(17)18)11(9)14-6-4-13(8-16)5-7-14/h1-3,8H,4-7H2. The molecule has 0 spiro atoms. The lowest BCUT2D eigenvalue weighted by atomic mass is 10.2. The predicted molar refractivity (Wildman–Crippen MR) is 68.0 cm³/mol. The summed E-state index contributed by atoms with van der Waals surface area (Å²) in [5.74, 6) is 0. The van der Waals surface area contributed by atoms with Gasteiger partial charge in [0.15, 0.2) is 0 Å². The van der Waals surface area contributed by atoms with Crippen molar-refractivity contribution in [2.75, 3.05) is 31.1 Å². The second-order valence-corrected chi connectivity index (χ2v) is 4.40. The Labute approximate surface area is 109 Å². The Morgan fingerprint density at radius 3 is 2.50 bits per heavy atom. The number of hydrogen-bond acceptors (Lipinski definition) is 4. The fourth-order valence-electron chi connectivity index (χ4n) is 2.02. The number of halogens is 1. The van der Waals surface area contributed by atoms with Gasteiger partial charge in [0.2, 0.25) is 6.41 Å². The maximum atomic E-state index is 11.0. The molecule has 1 fully saturated rings. The average molecular weight is 270 g/mol. The fraction of sp³-hybridized carbons (Fsp3) is 0.364. The maximum absolute atomic E-state index is 11.0. The minimum atomic E-state index is -0.437. The van der Waals surface area contributed by atoms with Crippen LogP contribution in [0.1, 0.15) is 0 Å². The van der Waals surface area contributed by atoms with Crippen LogP contribution >= 0.6 is 11.6 Å². The Morgan fingerprint density at radius 1 is 1.28 bits per heavy atom. The molecule has 0 atom stereocenters. The number of anilines is 1. The number of hydrogen-bond donors (Lipinski definition) is 0. The van der Waals surface area contributed by atoms with E-state index in [1.165, 1.54) is 6.07 Å². The first-order chi connectivity index (χ1) is 8.63. The molecule has 0 bridgehead atoms. The van der Waals surface area contributed by atoms with Gasteiger partial charge in [0.05, 0.1) is 9.95 Å². The molecule has 1 saturated heterocycles. The maximum Gasteiger partial charge on any atom is 0.294 e. The lowest BCUT2D eigenvalue weighted by molar-refractivity contribution is -0.384. The first-order valence-corrected chi connectivity index (χ1v) is 5.88. The molecule has 1 heterocycles. The van der Waals surface area contributed by atoms with Crippen molar-refractivity contribution >= 4 is 29.4 Å². The summed E-state index contributed by atoms with van der Waals surface area (Å²) < 4.78 is 0. The molecular formula is C11H12ClN3O3. The van der Waals surface area contributed by atoms with Crippen molar-refractivity contribution < 1.29 is 9.72 Å². The minimum absolute atomic E-state index is 0.00190. The van der Waals surface area contributed by atoms with Gasteiger partial charge in [-0.1, -0.05) is 17.7 Å². The van der Waals surface area contributed by atoms with E-state index in [2.05, 4.69) is 0 Å². The number of carbonyl (C=O) groups is 1. The number of benzene rings is 1. The third kappa shape index (κ3) is 2.38. The van der Waals surface area contributed by atoms with E-state index in [0.29, 0.717) is 36.9 Å². The molecule has 1 aliphatic heterocycles. The van der Waals surface area contributed by atoms with Crippen LogP contribution in [0.2, 0.25) is 5.02 Å². The highest BCUT2D eigenvalue weighted by molar-refractivity contribution is 6.33. The summed E-state index contributed by atoms with van der Waals surface area (Å²) in [7, 11) is 0. The number of rotatable bonds is 3. The summed E-state index contributed by atoms with van der Waals surface area (Å²) in [5.41, 5.74) is 0.441. The van der Waals surface area contributed by atoms with E-state index in [0.717, 1.165) is 6.41 Å². The molecule has 2 rings (SSSR count). The number of para-hydroxylation sites is 1. The van der Waals surface area contributed by atoms with Gasteiger partial charge >= 0.3 is 0 Å². The summed E-state index contributed by atoms with van der Waals surface area (Å²) in [5, 5.41) is 11.4. The van der Waals surface area contributed by atoms with Crippen molar-refractivity contribution in [3.63, 3.8) is 0 Å². The molecule has 1 amide bonds. The zero-order valence-corrected chi connectivity index (χ0v) is 10.3. The Hall–Kier alpha value is -1.82. The third-order valence-electron chi connectivity index (χ3n) is 2.94. The van der Waals surface area contributed by atoms with Crippen LogP contribution in [-0.2, 0) is 4.79 Å². The van der Waals surface area contributed by atoms with Gasteiger partial charge in [0.1, 0.15) is 5.69 Å². The Balaban J connectivity index is 2.28. The number of nitro groups is 1. The van der Waals surface area contributed by atoms with E-state index in [4.69, 9.17) is 11.6 Å². The molecule has 7 heteroatoms. The predicted octanol–water partition coefficient (Wildman–Crippen LogP) is 1.53. The van der Waals surface area contributed by atoms with Crippen LogP contribution < -0.4 is 4.90 Å². The summed E-state index contributed by atoms with van der Waals surface area (Å²) >= 11 is 6.05. The highest BCUT2D eigenvalue weighted by atomic mass is 35.5. The van der Waals surface area contributed by atoms with Crippen LogP contribution in [0.3, 0.4) is 0 Å². The van der Waals surface area contributed by atoms with Crippen LogP contribution in [-0.4, -0.2) is 42.4 Å². The van der Waals surface area contributed by atoms with Crippen molar-refractivity contribution in [1.82, 2.24) is 4.90 Å². The van der Waals surface area contributed by atoms with Gasteiger partial charge in [0.25, 0.3) is 5.69 Å². The highest BCUT2D eigenvalue weighted by Gasteiger charge is 2.25. The summed E-state index contributed by atoms with van der Waals surface area (Å²) in [6.07, 6.45) is 0.790. The smallest absolute Gasteiger partial charge is 0.294 e. The van der Waals surface area contributed by atoms with Gasteiger partial charge in [-0.15, -0.1) is 0 Å². The Morgan fingerprint density at radius 2 is 1.94 bits per heavy atom. The van der Waals surface area contributed by atoms with Gasteiger partial charge in [-0.2, -0.15) is 0 Å². The molecule has 0 unspecified atom stereocenters. The van der Waals surface area contributed by atoms with Gasteiger partial charge in [-0.05, 0) is 6.07 Å². The zero-order chi connectivity index (χ0) is 13.1. The third-order valence-corrected chi connectivity index (χ3v) is 3.25. The largest absolute Gasteiger partial charge is 0.361 e. The van der Waals surface area contributed by atoms with Crippen LogP contribution in [0.4, 0.5) is 11.4 Å². The topological polar surface area (TPSA) is 66.7 Å². The van der Waals surface area contributed by atoms with Gasteiger partial charge in [-0.3, -0.25) is 14.9 Å². The van der Waals surface area contributed by atoms with Crippen molar-refractivity contribution in [2.24, 2.45) is 0 Å². The number of piperazine rings is 1. The molecule has 0 N–H and O–H groups in total. The Bertz CT molecular complexity index is 473. The normalized spacial score (nSPS) is 15.6. The quantitative estimate of drug-likeness (QED) is 0.474. The molecule has 96 valence electrons. The first kappa shape index (κ1) is 12.6. The molecule has 0 radical (unpaired) electrons. The van der Waals surface area contributed by atoms with Crippen molar-refractivity contribution in [3.8, 4) is 0 Å². The fourth-order valence-corrected chi connectivity index (χ4v) is 2.30. The van der Waals surface area contributed by atoms with Crippen LogP contribution in [0.25, 0.3) is 0 Å². The van der Waals surface area contributed by atoms with Crippen LogP contribution in [0, 0.1) is 10.1 Å². The summed E-state index contributed by atoms with van der Waals surface area (Å²) in [6.45, 7) is 2.18. The minimum Gasteiger partial charge on any atom is -0.361 e. The van der Waals surface area contributed by atoms with Crippen molar-refractivity contribution in [3.05, 3.63) is 33.3 Å². The highest BCUT2D eigenvalue weighted by Crippen LogP contribution is 2.35. The average Bonchev–Trinajstić information content (AvgIpc) is 2.38. The van der Waals surface area contributed by atoms with Gasteiger partial charge < -0.3 is 9.80 Å². The molecule has 1 aromatic carbocycles. The summed E-state index contributed by atoms with van der Waals surface area (Å²) in [4.78, 5) is 24.7. The van der Waals surface area contributed by atoms with E-state index in [1.54, 1.807) is 17.0 Å². The molecule has 18 heavy (non-hydrogen) atoms. The van der Waals surface area contributed by atoms with Crippen molar-refractivity contribution in [2.45, 2.75) is 0 Å². The molecule has 6 nitrogen and oxygen atoms in total. The van der Waals surface area contributed by atoms with Crippen molar-refractivity contribution in [1.29, 1.82) is 0 Å². The molecule has 1 aliphatic rings. The second kappa shape index (κ2) is 5.22. The SMILES string of the molecule is O=CN1CCN(c2c(Cl)cccc2[N+](=O)[O-])CC1. The van der Waals surface area contributed by atoms with E-state index in [1.807, 2.05) is 4.90 Å². The molecular weight excluding hydrogens is 258 g/mol. The second-order valence-electron chi connectivity index (χ2n) is 3.99. The Kier molecular flexibility index (Phi) is 3.66. The van der Waals surface area contributed by atoms with Gasteiger partial charge in [-0.25, -0.2) is 0 Å². The zero-order valence-electron chi connectivity index (χ0n) is 9.58. The van der Waals surface area contributed by atoms with E-state index in [9.17, 15) is 14.9 Å². The number of carbonyl (C=O) groups excluding carboxylic acids is 1. The number of nitrogens with zero attached hydrogens (tertiary/aromatic N) is 3. The molecule has 1 aromatic rings. The molecule has 0 aromatic heterocycles. The molecule has 0 saturated carbocycles. The lowest BCUT2D eigenvalue weighted by Gasteiger charge is -2.34. The summed E-state index contributed by atoms with van der Waals surface area (Å²) in [6, 6.07) is 4.63. The van der Waals surface area contributed by atoms with Crippen LogP contribution in [0.15, 0.2) is 18.2 Å². The van der Waals surface area contributed by atoms with Crippen LogP contribution in [0.5, 0.6) is 0 Å². The van der Waals surface area contributed by atoms with E-state index >= 15 is 0 Å². The lowest BCUT2D eigenvalue weighted by Crippen LogP contribution is -2.46. The van der Waals surface area contributed by atoms with Gasteiger partial charge in [0, 0.05) is 32.2 Å².